The molecule has 0 spiro atoms. The Kier molecular flexibility index (Phi) is 3.49. The first-order valence-electron chi connectivity index (χ1n) is 5.28. The Morgan fingerprint density at radius 2 is 1.88 bits per heavy atom. The molecule has 0 radical (unpaired) electrons. The highest BCUT2D eigenvalue weighted by Gasteiger charge is 2.11. The quantitative estimate of drug-likeness (QED) is 0.923. The van der Waals surface area contributed by atoms with E-state index in [-0.39, 0.29) is 0 Å². The van der Waals surface area contributed by atoms with Crippen molar-refractivity contribution < 1.29 is 0 Å². The number of halogens is 1. The summed E-state index contributed by atoms with van der Waals surface area (Å²) in [7, 11) is 0. The van der Waals surface area contributed by atoms with Crippen molar-refractivity contribution in [2.45, 2.75) is 20.4 Å². The molecular formula is C12H13BrN4. The van der Waals surface area contributed by atoms with Gasteiger partial charge in [-0.1, -0.05) is 0 Å². The predicted octanol–water partition coefficient (Wildman–Crippen LogP) is 2.38. The Morgan fingerprint density at radius 3 is 2.41 bits per heavy atom. The smallest absolute Gasteiger partial charge is 0.179 e. The van der Waals surface area contributed by atoms with Gasteiger partial charge in [0.05, 0.1) is 0 Å². The lowest BCUT2D eigenvalue weighted by Gasteiger charge is -2.09. The normalized spacial score (nSPS) is 10.6. The number of aryl methyl sites for hydroxylation is 2. The van der Waals surface area contributed by atoms with Gasteiger partial charge in [-0.3, -0.25) is 4.98 Å². The van der Waals surface area contributed by atoms with E-state index < -0.39 is 0 Å². The molecule has 2 N–H and O–H groups in total. The van der Waals surface area contributed by atoms with Crippen LogP contribution in [0.2, 0.25) is 0 Å². The third-order valence-corrected chi connectivity index (χ3v) is 3.23. The van der Waals surface area contributed by atoms with E-state index in [4.69, 9.17) is 5.73 Å². The molecule has 17 heavy (non-hydrogen) atoms. The summed E-state index contributed by atoms with van der Waals surface area (Å²) >= 11 is 3.45. The summed E-state index contributed by atoms with van der Waals surface area (Å²) in [4.78, 5) is 13.2. The molecule has 4 nitrogen and oxygen atoms in total. The van der Waals surface area contributed by atoms with Gasteiger partial charge in [0, 0.05) is 34.2 Å². The van der Waals surface area contributed by atoms with Gasteiger partial charge in [0.15, 0.2) is 5.82 Å². The van der Waals surface area contributed by atoms with Crippen LogP contribution in [0.15, 0.2) is 22.8 Å². The van der Waals surface area contributed by atoms with Crippen LogP contribution < -0.4 is 5.73 Å². The lowest BCUT2D eigenvalue weighted by molar-refractivity contribution is 0.934. The molecule has 2 aromatic rings. The summed E-state index contributed by atoms with van der Waals surface area (Å²) in [5.41, 5.74) is 9.24. The van der Waals surface area contributed by atoms with E-state index in [1.807, 2.05) is 26.0 Å². The van der Waals surface area contributed by atoms with Crippen LogP contribution in [-0.2, 0) is 6.54 Å². The third-order valence-electron chi connectivity index (χ3n) is 2.60. The van der Waals surface area contributed by atoms with Gasteiger partial charge in [-0.05, 0) is 41.9 Å². The zero-order valence-corrected chi connectivity index (χ0v) is 11.3. The highest BCUT2D eigenvalue weighted by Crippen LogP contribution is 2.24. The molecule has 2 rings (SSSR count). The van der Waals surface area contributed by atoms with Crippen LogP contribution in [0.4, 0.5) is 0 Å². The minimum absolute atomic E-state index is 0.460. The molecule has 2 aromatic heterocycles. The zero-order valence-electron chi connectivity index (χ0n) is 9.74. The van der Waals surface area contributed by atoms with Crippen LogP contribution in [0.3, 0.4) is 0 Å². The summed E-state index contributed by atoms with van der Waals surface area (Å²) < 4.78 is 0.888. The second-order valence-electron chi connectivity index (χ2n) is 3.73. The fraction of sp³-hybridized carbons (Fsp3) is 0.250. The number of pyridine rings is 1. The summed E-state index contributed by atoms with van der Waals surface area (Å²) in [6, 6.07) is 3.79. The Morgan fingerprint density at radius 1 is 1.24 bits per heavy atom. The average molecular weight is 293 g/mol. The lowest BCUT2D eigenvalue weighted by Crippen LogP contribution is -2.07. The first kappa shape index (κ1) is 12.1. The molecule has 0 saturated heterocycles. The standard InChI is InChI=1S/C12H13BrN4/c1-7-9(6-14)8(2)17-12(16-7)11-10(13)4-3-5-15-11/h3-5H,6,14H2,1-2H3. The first-order chi connectivity index (χ1) is 8.13. The predicted molar refractivity (Wildman–Crippen MR) is 70.3 cm³/mol. The minimum Gasteiger partial charge on any atom is -0.326 e. The number of aromatic nitrogens is 3. The third kappa shape index (κ3) is 2.35. The maximum absolute atomic E-state index is 5.67. The fourth-order valence-electron chi connectivity index (χ4n) is 1.69. The summed E-state index contributed by atoms with van der Waals surface area (Å²) in [5, 5.41) is 0. The van der Waals surface area contributed by atoms with E-state index in [9.17, 15) is 0 Å². The van der Waals surface area contributed by atoms with Gasteiger partial charge in [-0.2, -0.15) is 0 Å². The molecule has 2 heterocycles. The molecule has 0 unspecified atom stereocenters. The van der Waals surface area contributed by atoms with Crippen LogP contribution in [0.1, 0.15) is 17.0 Å². The van der Waals surface area contributed by atoms with Crippen LogP contribution in [-0.4, -0.2) is 15.0 Å². The van der Waals surface area contributed by atoms with Crippen LogP contribution >= 0.6 is 15.9 Å². The Labute approximate surface area is 108 Å². The molecule has 0 bridgehead atoms. The Bertz CT molecular complexity index is 531. The van der Waals surface area contributed by atoms with Gasteiger partial charge >= 0.3 is 0 Å². The van der Waals surface area contributed by atoms with Crippen molar-refractivity contribution in [2.75, 3.05) is 0 Å². The SMILES string of the molecule is Cc1nc(-c2ncccc2Br)nc(C)c1CN. The van der Waals surface area contributed by atoms with E-state index in [0.717, 1.165) is 27.1 Å². The molecule has 0 aliphatic rings. The van der Waals surface area contributed by atoms with Crippen molar-refractivity contribution in [1.29, 1.82) is 0 Å². The number of hydrogen-bond donors (Lipinski definition) is 1. The molecule has 0 aliphatic heterocycles. The van der Waals surface area contributed by atoms with E-state index >= 15 is 0 Å². The molecule has 0 aromatic carbocycles. The van der Waals surface area contributed by atoms with Gasteiger partial charge < -0.3 is 5.73 Å². The lowest BCUT2D eigenvalue weighted by atomic mass is 10.1. The molecule has 88 valence electrons. The number of nitrogens with two attached hydrogens (primary N) is 1. The molecule has 0 aliphatic carbocycles. The zero-order chi connectivity index (χ0) is 12.4. The van der Waals surface area contributed by atoms with E-state index in [1.165, 1.54) is 0 Å². The van der Waals surface area contributed by atoms with Gasteiger partial charge in [-0.15, -0.1) is 0 Å². The van der Waals surface area contributed by atoms with E-state index in [2.05, 4.69) is 30.9 Å². The number of nitrogens with zero attached hydrogens (tertiary/aromatic N) is 3. The average Bonchev–Trinajstić information content (AvgIpc) is 2.29. The van der Waals surface area contributed by atoms with Gasteiger partial charge in [0.2, 0.25) is 0 Å². The van der Waals surface area contributed by atoms with Crippen molar-refractivity contribution in [2.24, 2.45) is 5.73 Å². The van der Waals surface area contributed by atoms with Gasteiger partial charge in [0.25, 0.3) is 0 Å². The molecular weight excluding hydrogens is 280 g/mol. The van der Waals surface area contributed by atoms with Crippen LogP contribution in [0.25, 0.3) is 11.5 Å². The molecule has 0 atom stereocenters. The van der Waals surface area contributed by atoms with Gasteiger partial charge in [-0.25, -0.2) is 9.97 Å². The van der Waals surface area contributed by atoms with Gasteiger partial charge in [0.1, 0.15) is 5.69 Å². The Hall–Kier alpha value is -1.33. The highest BCUT2D eigenvalue weighted by molar-refractivity contribution is 9.10. The maximum atomic E-state index is 5.67. The van der Waals surface area contributed by atoms with E-state index in [0.29, 0.717) is 12.4 Å². The van der Waals surface area contributed by atoms with Crippen molar-refractivity contribution in [3.05, 3.63) is 39.8 Å². The number of hydrogen-bond acceptors (Lipinski definition) is 4. The van der Waals surface area contributed by atoms with Crippen LogP contribution in [0, 0.1) is 13.8 Å². The Balaban J connectivity index is 2.59. The number of rotatable bonds is 2. The highest BCUT2D eigenvalue weighted by atomic mass is 79.9. The van der Waals surface area contributed by atoms with Crippen molar-refractivity contribution in [3.8, 4) is 11.5 Å². The van der Waals surface area contributed by atoms with Crippen molar-refractivity contribution in [3.63, 3.8) is 0 Å². The van der Waals surface area contributed by atoms with Crippen LogP contribution in [0.5, 0.6) is 0 Å². The first-order valence-corrected chi connectivity index (χ1v) is 6.08. The topological polar surface area (TPSA) is 64.7 Å². The van der Waals surface area contributed by atoms with E-state index in [1.54, 1.807) is 6.20 Å². The molecule has 0 amide bonds. The summed E-state index contributed by atoms with van der Waals surface area (Å²) in [5.74, 6) is 0.629. The van der Waals surface area contributed by atoms with Crippen molar-refractivity contribution in [1.82, 2.24) is 15.0 Å². The largest absolute Gasteiger partial charge is 0.326 e. The summed E-state index contributed by atoms with van der Waals surface area (Å²) in [6.45, 7) is 4.34. The molecule has 0 fully saturated rings. The van der Waals surface area contributed by atoms with Crippen molar-refractivity contribution >= 4 is 15.9 Å². The second kappa shape index (κ2) is 4.89. The minimum atomic E-state index is 0.460. The second-order valence-corrected chi connectivity index (χ2v) is 4.59. The monoisotopic (exact) mass is 292 g/mol. The fourth-order valence-corrected chi connectivity index (χ4v) is 2.12. The summed E-state index contributed by atoms with van der Waals surface area (Å²) in [6.07, 6.45) is 1.73. The maximum Gasteiger partial charge on any atom is 0.179 e. The molecule has 5 heteroatoms. The molecule has 0 saturated carbocycles.